The van der Waals surface area contributed by atoms with Crippen LogP contribution >= 0.6 is 0 Å². The molecule has 0 spiro atoms. The number of benzene rings is 1. The second kappa shape index (κ2) is 5.12. The summed E-state index contributed by atoms with van der Waals surface area (Å²) < 4.78 is 7.24. The third-order valence-electron chi connectivity index (χ3n) is 3.03. The molecule has 0 saturated heterocycles. The molecule has 0 aliphatic carbocycles. The lowest BCUT2D eigenvalue weighted by molar-refractivity contribution is 0.416. The number of rotatable bonds is 4. The first kappa shape index (κ1) is 12.5. The third kappa shape index (κ3) is 2.47. The van der Waals surface area contributed by atoms with E-state index in [0.29, 0.717) is 0 Å². The van der Waals surface area contributed by atoms with Gasteiger partial charge < -0.3 is 10.1 Å². The first-order chi connectivity index (χ1) is 8.61. The molecule has 0 amide bonds. The van der Waals surface area contributed by atoms with Crippen LogP contribution in [0.15, 0.2) is 30.5 Å². The SMILES string of the molecule is COc1ccc(C)cc1NC(C)c1ccnn1C. The zero-order chi connectivity index (χ0) is 13.1. The average Bonchev–Trinajstić information content (AvgIpc) is 2.76. The van der Waals surface area contributed by atoms with Crippen LogP contribution in [0.2, 0.25) is 0 Å². The molecule has 0 aliphatic rings. The summed E-state index contributed by atoms with van der Waals surface area (Å²) in [6.07, 6.45) is 1.81. The molecule has 1 heterocycles. The van der Waals surface area contributed by atoms with Crippen molar-refractivity contribution < 1.29 is 4.74 Å². The molecule has 1 aromatic heterocycles. The normalized spacial score (nSPS) is 12.2. The first-order valence-electron chi connectivity index (χ1n) is 6.01. The zero-order valence-corrected chi connectivity index (χ0v) is 11.3. The lowest BCUT2D eigenvalue weighted by Crippen LogP contribution is -2.12. The van der Waals surface area contributed by atoms with Crippen molar-refractivity contribution in [2.75, 3.05) is 12.4 Å². The maximum absolute atomic E-state index is 5.36. The van der Waals surface area contributed by atoms with E-state index < -0.39 is 0 Å². The van der Waals surface area contributed by atoms with Crippen LogP contribution in [-0.4, -0.2) is 16.9 Å². The maximum Gasteiger partial charge on any atom is 0.141 e. The number of aromatic nitrogens is 2. The van der Waals surface area contributed by atoms with Crippen LogP contribution in [0.1, 0.15) is 24.2 Å². The molecule has 0 bridgehead atoms. The highest BCUT2D eigenvalue weighted by molar-refractivity contribution is 5.58. The van der Waals surface area contributed by atoms with Gasteiger partial charge in [0.25, 0.3) is 0 Å². The largest absolute Gasteiger partial charge is 0.495 e. The standard InChI is InChI=1S/C14H19N3O/c1-10-5-6-14(18-4)12(9-10)16-11(2)13-7-8-15-17(13)3/h5-9,11,16H,1-4H3. The predicted octanol–water partition coefficient (Wildman–Crippen LogP) is 2.91. The van der Waals surface area contributed by atoms with Gasteiger partial charge >= 0.3 is 0 Å². The van der Waals surface area contributed by atoms with Gasteiger partial charge in [0.05, 0.1) is 24.5 Å². The summed E-state index contributed by atoms with van der Waals surface area (Å²) in [5, 5.41) is 7.64. The molecule has 18 heavy (non-hydrogen) atoms. The summed E-state index contributed by atoms with van der Waals surface area (Å²) >= 11 is 0. The molecule has 4 nitrogen and oxygen atoms in total. The van der Waals surface area contributed by atoms with Gasteiger partial charge in [0.15, 0.2) is 0 Å². The van der Waals surface area contributed by atoms with Gasteiger partial charge in [-0.3, -0.25) is 4.68 Å². The van der Waals surface area contributed by atoms with Gasteiger partial charge in [-0.15, -0.1) is 0 Å². The van der Waals surface area contributed by atoms with E-state index in [-0.39, 0.29) is 6.04 Å². The van der Waals surface area contributed by atoms with Gasteiger partial charge in [-0.1, -0.05) is 6.07 Å². The molecule has 96 valence electrons. The van der Waals surface area contributed by atoms with Gasteiger partial charge in [-0.05, 0) is 37.6 Å². The van der Waals surface area contributed by atoms with E-state index in [1.807, 2.05) is 29.9 Å². The second-order valence-electron chi connectivity index (χ2n) is 4.45. The molecule has 2 aromatic rings. The second-order valence-corrected chi connectivity index (χ2v) is 4.45. The van der Waals surface area contributed by atoms with Gasteiger partial charge in [-0.2, -0.15) is 5.10 Å². The van der Waals surface area contributed by atoms with E-state index in [1.54, 1.807) is 13.3 Å². The van der Waals surface area contributed by atoms with Gasteiger partial charge in [0.1, 0.15) is 5.75 Å². The quantitative estimate of drug-likeness (QED) is 0.900. The fourth-order valence-electron chi connectivity index (χ4n) is 2.05. The number of anilines is 1. The summed E-state index contributed by atoms with van der Waals surface area (Å²) in [5.41, 5.74) is 3.35. The van der Waals surface area contributed by atoms with E-state index >= 15 is 0 Å². The van der Waals surface area contributed by atoms with Crippen LogP contribution in [0.25, 0.3) is 0 Å². The van der Waals surface area contributed by atoms with Crippen molar-refractivity contribution in [1.82, 2.24) is 9.78 Å². The fraction of sp³-hybridized carbons (Fsp3) is 0.357. The highest BCUT2D eigenvalue weighted by Crippen LogP contribution is 2.28. The number of aryl methyl sites for hydroxylation is 2. The van der Waals surface area contributed by atoms with Crippen molar-refractivity contribution >= 4 is 5.69 Å². The third-order valence-corrected chi connectivity index (χ3v) is 3.03. The van der Waals surface area contributed by atoms with Crippen molar-refractivity contribution in [3.05, 3.63) is 41.7 Å². The molecule has 1 atom stereocenters. The van der Waals surface area contributed by atoms with Crippen LogP contribution < -0.4 is 10.1 Å². The van der Waals surface area contributed by atoms with Crippen LogP contribution in [0.4, 0.5) is 5.69 Å². The Labute approximate surface area is 108 Å². The first-order valence-corrected chi connectivity index (χ1v) is 6.01. The molecule has 1 aromatic carbocycles. The summed E-state index contributed by atoms with van der Waals surface area (Å²) in [5.74, 6) is 0.856. The molecule has 4 heteroatoms. The molecular formula is C14H19N3O. The van der Waals surface area contributed by atoms with Crippen LogP contribution in [-0.2, 0) is 7.05 Å². The van der Waals surface area contributed by atoms with Crippen molar-refractivity contribution in [3.8, 4) is 5.75 Å². The molecule has 1 N–H and O–H groups in total. The minimum atomic E-state index is 0.174. The van der Waals surface area contributed by atoms with Gasteiger partial charge in [0.2, 0.25) is 0 Å². The van der Waals surface area contributed by atoms with Crippen molar-refractivity contribution in [3.63, 3.8) is 0 Å². The lowest BCUT2D eigenvalue weighted by Gasteiger charge is -2.18. The minimum Gasteiger partial charge on any atom is -0.495 e. The number of ether oxygens (including phenoxy) is 1. The monoisotopic (exact) mass is 245 g/mol. The lowest BCUT2D eigenvalue weighted by atomic mass is 10.1. The summed E-state index contributed by atoms with van der Waals surface area (Å²) in [4.78, 5) is 0. The van der Waals surface area contributed by atoms with E-state index in [0.717, 1.165) is 17.1 Å². The Morgan fingerprint density at radius 3 is 2.72 bits per heavy atom. The predicted molar refractivity (Wildman–Crippen MR) is 73.0 cm³/mol. The molecule has 0 fully saturated rings. The molecule has 1 unspecified atom stereocenters. The maximum atomic E-state index is 5.36. The highest BCUT2D eigenvalue weighted by atomic mass is 16.5. The smallest absolute Gasteiger partial charge is 0.141 e. The topological polar surface area (TPSA) is 39.1 Å². The molecule has 0 radical (unpaired) electrons. The van der Waals surface area contributed by atoms with Crippen LogP contribution in [0, 0.1) is 6.92 Å². The van der Waals surface area contributed by atoms with Crippen molar-refractivity contribution in [2.24, 2.45) is 7.05 Å². The Balaban J connectivity index is 2.23. The van der Waals surface area contributed by atoms with Crippen molar-refractivity contribution in [2.45, 2.75) is 19.9 Å². The number of nitrogens with zero attached hydrogens (tertiary/aromatic N) is 2. The number of hydrogen-bond donors (Lipinski definition) is 1. The summed E-state index contributed by atoms with van der Waals surface area (Å²) in [7, 11) is 3.63. The van der Waals surface area contributed by atoms with E-state index in [1.165, 1.54) is 5.56 Å². The molecule has 0 aliphatic heterocycles. The van der Waals surface area contributed by atoms with E-state index in [4.69, 9.17) is 4.74 Å². The number of methoxy groups -OCH3 is 1. The fourth-order valence-corrected chi connectivity index (χ4v) is 2.05. The summed E-state index contributed by atoms with van der Waals surface area (Å²) in [6, 6.07) is 8.30. The summed E-state index contributed by atoms with van der Waals surface area (Å²) in [6.45, 7) is 4.18. The highest BCUT2D eigenvalue weighted by Gasteiger charge is 2.11. The van der Waals surface area contributed by atoms with Crippen LogP contribution in [0.3, 0.4) is 0 Å². The van der Waals surface area contributed by atoms with E-state index in [2.05, 4.69) is 30.3 Å². The Morgan fingerprint density at radius 1 is 1.33 bits per heavy atom. The van der Waals surface area contributed by atoms with Crippen molar-refractivity contribution in [1.29, 1.82) is 0 Å². The Hall–Kier alpha value is -1.97. The zero-order valence-electron chi connectivity index (χ0n) is 11.3. The number of hydrogen-bond acceptors (Lipinski definition) is 3. The molecule has 0 saturated carbocycles. The van der Waals surface area contributed by atoms with E-state index in [9.17, 15) is 0 Å². The Morgan fingerprint density at radius 2 is 2.11 bits per heavy atom. The Bertz CT molecular complexity index is 534. The van der Waals surface area contributed by atoms with Gasteiger partial charge in [-0.25, -0.2) is 0 Å². The Kier molecular flexibility index (Phi) is 3.55. The molecular weight excluding hydrogens is 226 g/mol. The van der Waals surface area contributed by atoms with Crippen LogP contribution in [0.5, 0.6) is 5.75 Å². The average molecular weight is 245 g/mol. The molecule has 2 rings (SSSR count). The van der Waals surface area contributed by atoms with Gasteiger partial charge in [0, 0.05) is 13.2 Å². The number of nitrogens with one attached hydrogen (secondary N) is 1. The minimum absolute atomic E-state index is 0.174.